The summed E-state index contributed by atoms with van der Waals surface area (Å²) in [6.07, 6.45) is 0. The molecule has 0 aromatic heterocycles. The summed E-state index contributed by atoms with van der Waals surface area (Å²) in [5, 5.41) is 9.74. The molecule has 0 aliphatic heterocycles. The lowest BCUT2D eigenvalue weighted by Crippen LogP contribution is -1.97. The zero-order chi connectivity index (χ0) is 11.0. The summed E-state index contributed by atoms with van der Waals surface area (Å²) >= 11 is 3.22. The highest BCUT2D eigenvalue weighted by atomic mass is 79.9. The zero-order valence-electron chi connectivity index (χ0n) is 7.50. The molecule has 0 saturated heterocycles. The van der Waals surface area contributed by atoms with Crippen molar-refractivity contribution >= 4 is 32.7 Å². The lowest BCUT2D eigenvalue weighted by atomic mass is 10.1. The van der Waals surface area contributed by atoms with Crippen LogP contribution < -0.4 is 0 Å². The maximum atomic E-state index is 13.6. The third kappa shape index (κ3) is 1.72. The molecule has 2 nitrogen and oxygen atoms in total. The number of aromatic carboxylic acids is 1. The van der Waals surface area contributed by atoms with Gasteiger partial charge in [-0.05, 0) is 23.6 Å². The predicted molar refractivity (Wildman–Crippen MR) is 58.6 cm³/mol. The van der Waals surface area contributed by atoms with E-state index >= 15 is 0 Å². The normalized spacial score (nSPS) is 10.5. The second-order valence-electron chi connectivity index (χ2n) is 3.10. The van der Waals surface area contributed by atoms with Crippen molar-refractivity contribution in [1.29, 1.82) is 0 Å². The number of halogens is 2. The molecule has 4 heteroatoms. The number of rotatable bonds is 1. The molecule has 2 aromatic rings. The van der Waals surface area contributed by atoms with E-state index < -0.39 is 11.8 Å². The molecule has 0 aliphatic carbocycles. The van der Waals surface area contributed by atoms with E-state index in [4.69, 9.17) is 5.11 Å². The van der Waals surface area contributed by atoms with E-state index in [-0.39, 0.29) is 5.56 Å². The molecule has 0 heterocycles. The summed E-state index contributed by atoms with van der Waals surface area (Å²) in [6.45, 7) is 0. The topological polar surface area (TPSA) is 37.3 Å². The van der Waals surface area contributed by atoms with Gasteiger partial charge in [0.2, 0.25) is 0 Å². The molecule has 0 bridgehead atoms. The second-order valence-corrected chi connectivity index (χ2v) is 3.96. The Morgan fingerprint density at radius 3 is 2.73 bits per heavy atom. The van der Waals surface area contributed by atoms with Gasteiger partial charge in [-0.25, -0.2) is 9.18 Å². The average molecular weight is 269 g/mol. The fourth-order valence-corrected chi connectivity index (χ4v) is 2.03. The highest BCUT2D eigenvalue weighted by Gasteiger charge is 2.10. The third-order valence-electron chi connectivity index (χ3n) is 2.12. The summed E-state index contributed by atoms with van der Waals surface area (Å²) in [7, 11) is 0. The van der Waals surface area contributed by atoms with Gasteiger partial charge in [-0.15, -0.1) is 0 Å². The minimum absolute atomic E-state index is 0.0434. The molecule has 0 spiro atoms. The molecule has 2 aromatic carbocycles. The van der Waals surface area contributed by atoms with Gasteiger partial charge in [-0.2, -0.15) is 0 Å². The minimum Gasteiger partial charge on any atom is -0.478 e. The highest BCUT2D eigenvalue weighted by Crippen LogP contribution is 2.27. The van der Waals surface area contributed by atoms with E-state index in [9.17, 15) is 9.18 Å². The number of hydrogen-bond acceptors (Lipinski definition) is 1. The van der Waals surface area contributed by atoms with E-state index in [1.54, 1.807) is 18.2 Å². The Morgan fingerprint density at radius 2 is 2.07 bits per heavy atom. The van der Waals surface area contributed by atoms with Gasteiger partial charge < -0.3 is 5.11 Å². The summed E-state index contributed by atoms with van der Waals surface area (Å²) in [5.74, 6) is -1.66. The Morgan fingerprint density at radius 1 is 1.33 bits per heavy atom. The number of carboxylic acid groups (broad SMARTS) is 1. The van der Waals surface area contributed by atoms with Crippen LogP contribution in [-0.4, -0.2) is 11.1 Å². The molecule has 0 radical (unpaired) electrons. The van der Waals surface area contributed by atoms with Crippen LogP contribution in [0, 0.1) is 5.82 Å². The fraction of sp³-hybridized carbons (Fsp3) is 0. The molecule has 76 valence electrons. The van der Waals surface area contributed by atoms with E-state index in [1.807, 2.05) is 0 Å². The highest BCUT2D eigenvalue weighted by molar-refractivity contribution is 9.10. The molecule has 1 N–H and O–H groups in total. The number of carboxylic acids is 1. The molecule has 0 unspecified atom stereocenters. The predicted octanol–water partition coefficient (Wildman–Crippen LogP) is 3.44. The standard InChI is InChI=1S/C11H6BrFO2/c12-8-3-1-2-6-4-7(11(14)15)5-9(13)10(6)8/h1-5H,(H,14,15). The van der Waals surface area contributed by atoms with Gasteiger partial charge in [-0.1, -0.05) is 28.1 Å². The van der Waals surface area contributed by atoms with Crippen molar-refractivity contribution in [1.82, 2.24) is 0 Å². The van der Waals surface area contributed by atoms with E-state index in [2.05, 4.69) is 15.9 Å². The van der Waals surface area contributed by atoms with Crippen LogP contribution in [0.4, 0.5) is 4.39 Å². The van der Waals surface area contributed by atoms with Gasteiger partial charge in [-0.3, -0.25) is 0 Å². The van der Waals surface area contributed by atoms with Crippen molar-refractivity contribution in [2.75, 3.05) is 0 Å². The van der Waals surface area contributed by atoms with E-state index in [0.717, 1.165) is 6.07 Å². The third-order valence-corrected chi connectivity index (χ3v) is 2.79. The number of benzene rings is 2. The molecule has 0 aliphatic rings. The largest absolute Gasteiger partial charge is 0.478 e. The average Bonchev–Trinajstić information content (AvgIpc) is 2.17. The Hall–Kier alpha value is -1.42. The monoisotopic (exact) mass is 268 g/mol. The summed E-state index contributed by atoms with van der Waals surface area (Å²) in [4.78, 5) is 10.7. The fourth-order valence-electron chi connectivity index (χ4n) is 1.45. The van der Waals surface area contributed by atoms with E-state index in [1.165, 1.54) is 6.07 Å². The van der Waals surface area contributed by atoms with Crippen molar-refractivity contribution in [2.24, 2.45) is 0 Å². The first-order chi connectivity index (χ1) is 7.09. The lowest BCUT2D eigenvalue weighted by molar-refractivity contribution is 0.0696. The van der Waals surface area contributed by atoms with Crippen LogP contribution in [0.2, 0.25) is 0 Å². The first-order valence-electron chi connectivity index (χ1n) is 4.20. The van der Waals surface area contributed by atoms with Gasteiger partial charge in [0.1, 0.15) is 5.82 Å². The summed E-state index contributed by atoms with van der Waals surface area (Å²) in [5.41, 5.74) is -0.0434. The van der Waals surface area contributed by atoms with Gasteiger partial charge in [0.05, 0.1) is 5.56 Å². The first kappa shape index (κ1) is 10.1. The smallest absolute Gasteiger partial charge is 0.335 e. The zero-order valence-corrected chi connectivity index (χ0v) is 9.08. The molecular weight excluding hydrogens is 263 g/mol. The minimum atomic E-state index is -1.13. The van der Waals surface area contributed by atoms with Crippen LogP contribution in [0.1, 0.15) is 10.4 Å². The molecule has 0 saturated carbocycles. The maximum Gasteiger partial charge on any atom is 0.335 e. The first-order valence-corrected chi connectivity index (χ1v) is 5.00. The van der Waals surface area contributed by atoms with Crippen molar-refractivity contribution in [2.45, 2.75) is 0 Å². The Labute approximate surface area is 93.5 Å². The summed E-state index contributed by atoms with van der Waals surface area (Å²) < 4.78 is 14.2. The maximum absolute atomic E-state index is 13.6. The number of hydrogen-bond donors (Lipinski definition) is 1. The Balaban J connectivity index is 2.84. The molecule has 0 fully saturated rings. The Bertz CT molecular complexity index is 552. The van der Waals surface area contributed by atoms with Crippen LogP contribution in [0.3, 0.4) is 0 Å². The number of fused-ring (bicyclic) bond motifs is 1. The van der Waals surface area contributed by atoms with Gasteiger partial charge in [0.15, 0.2) is 0 Å². The van der Waals surface area contributed by atoms with Gasteiger partial charge >= 0.3 is 5.97 Å². The Kier molecular flexibility index (Phi) is 2.44. The van der Waals surface area contributed by atoms with Crippen molar-refractivity contribution in [3.05, 3.63) is 46.2 Å². The van der Waals surface area contributed by atoms with Crippen molar-refractivity contribution in [3.63, 3.8) is 0 Å². The SMILES string of the molecule is O=C(O)c1cc(F)c2c(Br)cccc2c1. The molecule has 2 rings (SSSR count). The lowest BCUT2D eigenvalue weighted by Gasteiger charge is -2.03. The summed E-state index contributed by atoms with van der Waals surface area (Å²) in [6, 6.07) is 7.60. The van der Waals surface area contributed by atoms with Crippen LogP contribution >= 0.6 is 15.9 Å². The van der Waals surface area contributed by atoms with Gasteiger partial charge in [0, 0.05) is 9.86 Å². The van der Waals surface area contributed by atoms with Crippen LogP contribution in [0.25, 0.3) is 10.8 Å². The van der Waals surface area contributed by atoms with Crippen molar-refractivity contribution < 1.29 is 14.3 Å². The molecular formula is C11H6BrFO2. The quantitative estimate of drug-likeness (QED) is 0.861. The van der Waals surface area contributed by atoms with Crippen LogP contribution in [0.15, 0.2) is 34.8 Å². The second kappa shape index (κ2) is 3.62. The molecule has 0 amide bonds. The molecule has 15 heavy (non-hydrogen) atoms. The number of carbonyl (C=O) groups is 1. The van der Waals surface area contributed by atoms with Crippen LogP contribution in [-0.2, 0) is 0 Å². The van der Waals surface area contributed by atoms with Crippen LogP contribution in [0.5, 0.6) is 0 Å². The van der Waals surface area contributed by atoms with Gasteiger partial charge in [0.25, 0.3) is 0 Å². The van der Waals surface area contributed by atoms with E-state index in [0.29, 0.717) is 15.2 Å². The molecule has 0 atom stereocenters. The van der Waals surface area contributed by atoms with Crippen molar-refractivity contribution in [3.8, 4) is 0 Å².